The topological polar surface area (TPSA) is 72.5 Å². The van der Waals surface area contributed by atoms with Crippen LogP contribution in [-0.2, 0) is 6.42 Å². The molecule has 0 aliphatic carbocycles. The highest BCUT2D eigenvalue weighted by atomic mass is 16.5. The second-order valence-electron chi connectivity index (χ2n) is 3.31. The largest absolute Gasteiger partial charge is 0.494 e. The van der Waals surface area contributed by atoms with Gasteiger partial charge in [0.05, 0.1) is 18.4 Å². The van der Waals surface area contributed by atoms with E-state index < -0.39 is 5.97 Å². The van der Waals surface area contributed by atoms with E-state index in [4.69, 9.17) is 15.6 Å². The van der Waals surface area contributed by atoms with Gasteiger partial charge in [0.1, 0.15) is 5.75 Å². The molecule has 0 saturated carbocycles. The van der Waals surface area contributed by atoms with Crippen LogP contribution >= 0.6 is 0 Å². The predicted molar refractivity (Wildman–Crippen MR) is 58.5 cm³/mol. The molecule has 0 aliphatic rings. The number of aromatic carboxylic acids is 1. The normalized spacial score (nSPS) is 10.1. The molecule has 1 aromatic rings. The van der Waals surface area contributed by atoms with Crippen LogP contribution in [0.5, 0.6) is 5.75 Å². The monoisotopic (exact) mass is 209 g/mol. The molecule has 0 unspecified atom stereocenters. The minimum atomic E-state index is -0.962. The van der Waals surface area contributed by atoms with Gasteiger partial charge in [-0.05, 0) is 30.5 Å². The molecular formula is C11H15NO3. The number of carboxylic acid groups (broad SMARTS) is 1. The first-order valence-electron chi connectivity index (χ1n) is 4.72. The lowest BCUT2D eigenvalue weighted by molar-refractivity contribution is 0.0696. The number of nitrogen functional groups attached to an aromatic ring is 1. The molecular weight excluding hydrogens is 194 g/mol. The van der Waals surface area contributed by atoms with E-state index in [1.54, 1.807) is 13.0 Å². The number of hydrogen-bond acceptors (Lipinski definition) is 3. The molecule has 1 aromatic carbocycles. The molecule has 1 rings (SSSR count). The molecule has 0 heterocycles. The Morgan fingerprint density at radius 3 is 2.60 bits per heavy atom. The number of aryl methyl sites for hydroxylation is 1. The summed E-state index contributed by atoms with van der Waals surface area (Å²) >= 11 is 0. The smallest absolute Gasteiger partial charge is 0.336 e. The number of nitrogens with two attached hydrogens (primary N) is 1. The van der Waals surface area contributed by atoms with E-state index in [9.17, 15) is 4.79 Å². The van der Waals surface area contributed by atoms with Crippen molar-refractivity contribution in [1.82, 2.24) is 0 Å². The molecule has 3 N–H and O–H groups in total. The predicted octanol–water partition coefficient (Wildman–Crippen LogP) is 1.85. The van der Waals surface area contributed by atoms with Gasteiger partial charge in [0.15, 0.2) is 0 Å². The Labute approximate surface area is 88.7 Å². The first-order chi connectivity index (χ1) is 7.02. The first-order valence-corrected chi connectivity index (χ1v) is 4.72. The number of carboxylic acids is 1. The van der Waals surface area contributed by atoms with Crippen LogP contribution in [0.25, 0.3) is 0 Å². The molecule has 0 spiro atoms. The minimum absolute atomic E-state index is 0.241. The maximum absolute atomic E-state index is 10.9. The zero-order valence-corrected chi connectivity index (χ0v) is 9.13. The summed E-state index contributed by atoms with van der Waals surface area (Å²) in [5, 5.41) is 8.98. The van der Waals surface area contributed by atoms with E-state index in [0.717, 1.165) is 5.56 Å². The molecule has 82 valence electrons. The lowest BCUT2D eigenvalue weighted by Gasteiger charge is -2.14. The zero-order chi connectivity index (χ0) is 11.6. The Balaban J connectivity index is 3.49. The maximum Gasteiger partial charge on any atom is 0.336 e. The van der Waals surface area contributed by atoms with E-state index in [2.05, 4.69) is 0 Å². The van der Waals surface area contributed by atoms with Gasteiger partial charge in [-0.3, -0.25) is 0 Å². The molecule has 4 nitrogen and oxygen atoms in total. The number of anilines is 1. The lowest BCUT2D eigenvalue weighted by atomic mass is 10.00. The Morgan fingerprint density at radius 2 is 2.20 bits per heavy atom. The first kappa shape index (κ1) is 11.4. The van der Waals surface area contributed by atoms with Gasteiger partial charge in [0.25, 0.3) is 0 Å². The van der Waals surface area contributed by atoms with Gasteiger partial charge in [-0.15, -0.1) is 0 Å². The summed E-state index contributed by atoms with van der Waals surface area (Å²) in [6.07, 6.45) is 0.688. The van der Waals surface area contributed by atoms with E-state index in [-0.39, 0.29) is 5.56 Å². The van der Waals surface area contributed by atoms with Gasteiger partial charge in [0.2, 0.25) is 0 Å². The number of methoxy groups -OCH3 is 1. The minimum Gasteiger partial charge on any atom is -0.494 e. The van der Waals surface area contributed by atoms with Crippen molar-refractivity contribution in [2.24, 2.45) is 0 Å². The number of carbonyl (C=O) groups is 1. The summed E-state index contributed by atoms with van der Waals surface area (Å²) in [6.45, 7) is 3.61. The Bertz CT molecular complexity index is 399. The standard InChI is InChI=1S/C11H15NO3/c1-4-7-5-8(11(13)14)6(2)9(12)10(7)15-3/h5H,4,12H2,1-3H3,(H,13,14). The summed E-state index contributed by atoms with van der Waals surface area (Å²) in [5.74, 6) is -0.378. The second-order valence-corrected chi connectivity index (χ2v) is 3.31. The third-order valence-corrected chi connectivity index (χ3v) is 2.48. The number of benzene rings is 1. The number of ether oxygens (including phenoxy) is 1. The molecule has 0 radical (unpaired) electrons. The van der Waals surface area contributed by atoms with Crippen LogP contribution in [0.2, 0.25) is 0 Å². The van der Waals surface area contributed by atoms with Crippen molar-refractivity contribution >= 4 is 11.7 Å². The van der Waals surface area contributed by atoms with Gasteiger partial charge >= 0.3 is 5.97 Å². The van der Waals surface area contributed by atoms with E-state index in [1.165, 1.54) is 7.11 Å². The van der Waals surface area contributed by atoms with Gasteiger partial charge in [-0.1, -0.05) is 6.92 Å². The van der Waals surface area contributed by atoms with Crippen LogP contribution in [0, 0.1) is 6.92 Å². The second kappa shape index (κ2) is 4.21. The Hall–Kier alpha value is -1.71. The highest BCUT2D eigenvalue weighted by Gasteiger charge is 2.16. The lowest BCUT2D eigenvalue weighted by Crippen LogP contribution is -2.07. The third-order valence-electron chi connectivity index (χ3n) is 2.48. The van der Waals surface area contributed by atoms with Crippen molar-refractivity contribution < 1.29 is 14.6 Å². The molecule has 4 heteroatoms. The van der Waals surface area contributed by atoms with Gasteiger partial charge in [-0.25, -0.2) is 4.79 Å². The third kappa shape index (κ3) is 1.88. The Morgan fingerprint density at radius 1 is 1.60 bits per heavy atom. The SMILES string of the molecule is CCc1cc(C(=O)O)c(C)c(N)c1OC. The van der Waals surface area contributed by atoms with Crippen LogP contribution in [0.4, 0.5) is 5.69 Å². The molecule has 0 saturated heterocycles. The molecule has 0 amide bonds. The summed E-state index contributed by atoms with van der Waals surface area (Å²) < 4.78 is 5.16. The molecule has 15 heavy (non-hydrogen) atoms. The van der Waals surface area contributed by atoms with Crippen LogP contribution in [0.3, 0.4) is 0 Å². The van der Waals surface area contributed by atoms with Crippen molar-refractivity contribution in [3.05, 3.63) is 22.8 Å². The molecule has 0 fully saturated rings. The fourth-order valence-electron chi connectivity index (χ4n) is 1.56. The van der Waals surface area contributed by atoms with Crippen molar-refractivity contribution in [2.45, 2.75) is 20.3 Å². The molecule has 0 aromatic heterocycles. The highest BCUT2D eigenvalue weighted by molar-refractivity contribution is 5.92. The summed E-state index contributed by atoms with van der Waals surface area (Å²) in [7, 11) is 1.53. The van der Waals surface area contributed by atoms with Crippen molar-refractivity contribution in [1.29, 1.82) is 0 Å². The van der Waals surface area contributed by atoms with Crippen molar-refractivity contribution in [3.8, 4) is 5.75 Å². The van der Waals surface area contributed by atoms with Gasteiger partial charge < -0.3 is 15.6 Å². The quantitative estimate of drug-likeness (QED) is 0.745. The zero-order valence-electron chi connectivity index (χ0n) is 9.13. The summed E-state index contributed by atoms with van der Waals surface area (Å²) in [5.41, 5.74) is 7.84. The number of rotatable bonds is 3. The summed E-state index contributed by atoms with van der Waals surface area (Å²) in [4.78, 5) is 10.9. The highest BCUT2D eigenvalue weighted by Crippen LogP contribution is 2.32. The number of hydrogen-bond donors (Lipinski definition) is 2. The fraction of sp³-hybridized carbons (Fsp3) is 0.364. The van der Waals surface area contributed by atoms with Crippen molar-refractivity contribution in [3.63, 3.8) is 0 Å². The van der Waals surface area contributed by atoms with Crippen molar-refractivity contribution in [2.75, 3.05) is 12.8 Å². The summed E-state index contributed by atoms with van der Waals surface area (Å²) in [6, 6.07) is 1.62. The van der Waals surface area contributed by atoms with E-state index >= 15 is 0 Å². The van der Waals surface area contributed by atoms with Gasteiger partial charge in [0, 0.05) is 0 Å². The van der Waals surface area contributed by atoms with E-state index in [0.29, 0.717) is 23.4 Å². The average molecular weight is 209 g/mol. The van der Waals surface area contributed by atoms with Crippen LogP contribution in [-0.4, -0.2) is 18.2 Å². The van der Waals surface area contributed by atoms with Crippen LogP contribution in [0.15, 0.2) is 6.07 Å². The van der Waals surface area contributed by atoms with E-state index in [1.807, 2.05) is 6.92 Å². The van der Waals surface area contributed by atoms with Gasteiger partial charge in [-0.2, -0.15) is 0 Å². The maximum atomic E-state index is 10.9. The fourth-order valence-corrected chi connectivity index (χ4v) is 1.56. The average Bonchev–Trinajstić information content (AvgIpc) is 2.21. The molecule has 0 atom stereocenters. The van der Waals surface area contributed by atoms with Crippen LogP contribution in [0.1, 0.15) is 28.4 Å². The van der Waals surface area contributed by atoms with Crippen LogP contribution < -0.4 is 10.5 Å². The molecule has 0 aliphatic heterocycles. The Kier molecular flexibility index (Phi) is 3.19. The molecule has 0 bridgehead atoms.